The number of carboxylic acid groups (broad SMARTS) is 1. The molecule has 1 atom stereocenters. The highest BCUT2D eigenvalue weighted by molar-refractivity contribution is 5.85. The Morgan fingerprint density at radius 2 is 0.869 bits per heavy atom. The third kappa shape index (κ3) is 43.1. The summed E-state index contributed by atoms with van der Waals surface area (Å²) in [5.74, 6) is -2.54. The molecule has 0 rings (SSSR count). The lowest BCUT2D eigenvalue weighted by molar-refractivity contribution is -0.159. The molecule has 0 aliphatic rings. The number of carbonyl (C=O) groups excluding carboxylic acids is 5. The maximum Gasteiger partial charge on any atom is 0.329 e. The van der Waals surface area contributed by atoms with Crippen molar-refractivity contribution >= 4 is 35.6 Å². The number of hydrogen-bond donors (Lipinski definition) is 4. The molecule has 0 heterocycles. The number of aliphatic carboxylic acids is 1. The molecule has 3 amide bonds. The molecule has 4 N–H and O–H groups in total. The Bertz CT molecular complexity index is 1190. The lowest BCUT2D eigenvalue weighted by atomic mass is 10.0. The Morgan fingerprint density at radius 1 is 0.459 bits per heavy atom. The first kappa shape index (κ1) is 57.7. The van der Waals surface area contributed by atoms with Gasteiger partial charge in [0, 0.05) is 32.4 Å². The summed E-state index contributed by atoms with van der Waals surface area (Å²) >= 11 is 0. The highest BCUT2D eigenvalue weighted by atomic mass is 16.6. The molecule has 0 aromatic carbocycles. The van der Waals surface area contributed by atoms with E-state index in [-0.39, 0.29) is 102 Å². The summed E-state index contributed by atoms with van der Waals surface area (Å²) < 4.78 is 31.6. The van der Waals surface area contributed by atoms with Gasteiger partial charge in [-0.1, -0.05) is 89.9 Å². The quantitative estimate of drug-likeness (QED) is 0.0391. The van der Waals surface area contributed by atoms with Crippen molar-refractivity contribution in [1.82, 2.24) is 16.0 Å². The largest absolute Gasteiger partial charge is 0.480 e. The summed E-state index contributed by atoms with van der Waals surface area (Å²) in [6.07, 6.45) is 19.4. The maximum atomic E-state index is 12.9. The van der Waals surface area contributed by atoms with E-state index in [2.05, 4.69) is 16.0 Å². The third-order valence-corrected chi connectivity index (χ3v) is 8.98. The van der Waals surface area contributed by atoms with Gasteiger partial charge in [-0.3, -0.25) is 19.2 Å². The van der Waals surface area contributed by atoms with Crippen LogP contribution in [0.15, 0.2) is 0 Å². The van der Waals surface area contributed by atoms with Crippen molar-refractivity contribution in [2.45, 2.75) is 187 Å². The highest BCUT2D eigenvalue weighted by Gasteiger charge is 2.27. The zero-order valence-electron chi connectivity index (χ0n) is 38.6. The Balaban J connectivity index is 3.96. The van der Waals surface area contributed by atoms with Crippen molar-refractivity contribution in [2.24, 2.45) is 0 Å². The number of ether oxygens (including phenoxy) is 6. The summed E-state index contributed by atoms with van der Waals surface area (Å²) in [6.45, 7) is 12.2. The molecule has 0 aliphatic carbocycles. The predicted molar refractivity (Wildman–Crippen MR) is 233 cm³/mol. The highest BCUT2D eigenvalue weighted by Crippen LogP contribution is 2.16. The molecule has 0 fully saturated rings. The minimum absolute atomic E-state index is 0.0197. The lowest BCUT2D eigenvalue weighted by Gasteiger charge is -2.24. The van der Waals surface area contributed by atoms with Gasteiger partial charge in [0.2, 0.25) is 17.7 Å². The van der Waals surface area contributed by atoms with Crippen LogP contribution >= 0.6 is 0 Å². The van der Waals surface area contributed by atoms with E-state index in [1.54, 1.807) is 20.8 Å². The van der Waals surface area contributed by atoms with Crippen molar-refractivity contribution < 1.29 is 62.3 Å². The van der Waals surface area contributed by atoms with E-state index in [4.69, 9.17) is 33.5 Å². The number of nitrogens with one attached hydrogen (secondary N) is 3. The fourth-order valence-corrected chi connectivity index (χ4v) is 6.01. The molecule has 61 heavy (non-hydrogen) atoms. The molecule has 0 spiro atoms. The molecular weight excluding hydrogens is 791 g/mol. The number of unbranched alkanes of at least 4 members (excludes halogenated alkanes) is 15. The van der Waals surface area contributed by atoms with Gasteiger partial charge in [-0.05, 0) is 60.8 Å². The van der Waals surface area contributed by atoms with Crippen LogP contribution in [-0.2, 0) is 57.2 Å². The minimum atomic E-state index is -1.05. The van der Waals surface area contributed by atoms with Crippen molar-refractivity contribution in [1.29, 1.82) is 0 Å². The summed E-state index contributed by atoms with van der Waals surface area (Å²) in [5.41, 5.74) is -1.14. The molecule has 16 nitrogen and oxygen atoms in total. The standard InChI is InChI=1S/C45H83N3O13/c1-44(2,3)60-42(54)24-22-20-18-16-14-12-10-8-7-9-11-13-15-17-19-21-23-39(50)48-37(43(55)61-45(4,5)6)25-26-38(49)46-27-29-56-31-33-58-35-40(51)47-28-30-57-32-34-59-36-41(52)53/h37H,7-36H2,1-6H3,(H,46,49)(H,47,51)(H,48,50)(H,52,53). The zero-order chi connectivity index (χ0) is 45.6. The molecule has 0 radical (unpaired) electrons. The smallest absolute Gasteiger partial charge is 0.329 e. The molecule has 0 aromatic heterocycles. The molecule has 0 saturated heterocycles. The van der Waals surface area contributed by atoms with Gasteiger partial charge in [0.1, 0.15) is 30.5 Å². The molecule has 0 aromatic rings. The molecule has 356 valence electrons. The van der Waals surface area contributed by atoms with Crippen LogP contribution in [0.25, 0.3) is 0 Å². The molecule has 16 heteroatoms. The number of rotatable bonds is 40. The molecule has 0 aliphatic heterocycles. The first-order valence-electron chi connectivity index (χ1n) is 22.8. The number of carbonyl (C=O) groups is 6. The van der Waals surface area contributed by atoms with Gasteiger partial charge >= 0.3 is 17.9 Å². The molecular formula is C45H83N3O13. The Kier molecular flexibility index (Phi) is 35.2. The Hall–Kier alpha value is -3.34. The van der Waals surface area contributed by atoms with Gasteiger partial charge < -0.3 is 49.5 Å². The first-order valence-corrected chi connectivity index (χ1v) is 22.8. The number of esters is 2. The summed E-state index contributed by atoms with van der Waals surface area (Å²) in [6, 6.07) is -0.928. The van der Waals surface area contributed by atoms with Gasteiger partial charge in [-0.15, -0.1) is 0 Å². The monoisotopic (exact) mass is 874 g/mol. The van der Waals surface area contributed by atoms with Gasteiger partial charge in [-0.25, -0.2) is 9.59 Å². The van der Waals surface area contributed by atoms with E-state index in [1.807, 2.05) is 20.8 Å². The van der Waals surface area contributed by atoms with E-state index < -0.39 is 29.2 Å². The maximum absolute atomic E-state index is 12.9. The second kappa shape index (κ2) is 37.2. The van der Waals surface area contributed by atoms with E-state index >= 15 is 0 Å². The van der Waals surface area contributed by atoms with Gasteiger partial charge in [0.25, 0.3) is 0 Å². The fraction of sp³-hybridized carbons (Fsp3) is 0.867. The minimum Gasteiger partial charge on any atom is -0.480 e. The third-order valence-electron chi connectivity index (χ3n) is 8.98. The van der Waals surface area contributed by atoms with Crippen LogP contribution < -0.4 is 16.0 Å². The topological polar surface area (TPSA) is 214 Å². The second-order valence-electron chi connectivity index (χ2n) is 17.4. The van der Waals surface area contributed by atoms with E-state index in [1.165, 1.54) is 64.2 Å². The van der Waals surface area contributed by atoms with Crippen molar-refractivity contribution in [3.8, 4) is 0 Å². The average molecular weight is 874 g/mol. The first-order chi connectivity index (χ1) is 29.0. The van der Waals surface area contributed by atoms with Crippen molar-refractivity contribution in [2.75, 3.05) is 65.9 Å². The summed E-state index contributed by atoms with van der Waals surface area (Å²) in [7, 11) is 0. The number of hydrogen-bond acceptors (Lipinski definition) is 12. The van der Waals surface area contributed by atoms with Gasteiger partial charge in [0.05, 0.1) is 39.6 Å². The average Bonchev–Trinajstić information content (AvgIpc) is 3.16. The van der Waals surface area contributed by atoms with Crippen LogP contribution in [0, 0.1) is 0 Å². The van der Waals surface area contributed by atoms with E-state index in [0.29, 0.717) is 12.8 Å². The van der Waals surface area contributed by atoms with E-state index in [0.717, 1.165) is 38.5 Å². The molecule has 0 saturated carbocycles. The van der Waals surface area contributed by atoms with E-state index in [9.17, 15) is 28.8 Å². The summed E-state index contributed by atoms with van der Waals surface area (Å²) in [5, 5.41) is 16.6. The molecule has 0 bridgehead atoms. The normalized spacial score (nSPS) is 12.1. The van der Waals surface area contributed by atoms with Crippen molar-refractivity contribution in [3.05, 3.63) is 0 Å². The Labute approximate surface area is 366 Å². The van der Waals surface area contributed by atoms with Gasteiger partial charge in [-0.2, -0.15) is 0 Å². The van der Waals surface area contributed by atoms with Crippen LogP contribution in [0.1, 0.15) is 170 Å². The second-order valence-corrected chi connectivity index (χ2v) is 17.4. The number of carboxylic acids is 1. The van der Waals surface area contributed by atoms with Crippen LogP contribution in [0.4, 0.5) is 0 Å². The van der Waals surface area contributed by atoms with Gasteiger partial charge in [0.15, 0.2) is 0 Å². The molecule has 1 unspecified atom stereocenters. The number of amides is 3. The van der Waals surface area contributed by atoms with Crippen LogP contribution in [0.2, 0.25) is 0 Å². The van der Waals surface area contributed by atoms with Crippen LogP contribution in [-0.4, -0.2) is 124 Å². The zero-order valence-corrected chi connectivity index (χ0v) is 38.6. The van der Waals surface area contributed by atoms with Crippen LogP contribution in [0.5, 0.6) is 0 Å². The Morgan fingerprint density at radius 3 is 1.33 bits per heavy atom. The van der Waals surface area contributed by atoms with Crippen molar-refractivity contribution in [3.63, 3.8) is 0 Å². The SMILES string of the molecule is CC(C)(C)OC(=O)CCCCCCCCCCCCCCCCCCC(=O)NC(CCC(=O)NCCOCCOCC(=O)NCCOCCOCC(=O)O)C(=O)OC(C)(C)C. The lowest BCUT2D eigenvalue weighted by Crippen LogP contribution is -2.44. The summed E-state index contributed by atoms with van der Waals surface area (Å²) in [4.78, 5) is 72.0. The van der Waals surface area contributed by atoms with Crippen LogP contribution in [0.3, 0.4) is 0 Å². The fourth-order valence-electron chi connectivity index (χ4n) is 6.01. The predicted octanol–water partition coefficient (Wildman–Crippen LogP) is 6.34.